The maximum Gasteiger partial charge on any atom is 0.416 e. The van der Waals surface area contributed by atoms with E-state index in [9.17, 15) is 22.8 Å². The Morgan fingerprint density at radius 1 is 1.22 bits per heavy atom. The van der Waals surface area contributed by atoms with Gasteiger partial charge in [-0.3, -0.25) is 9.59 Å². The van der Waals surface area contributed by atoms with Crippen molar-refractivity contribution in [1.82, 2.24) is 9.80 Å². The largest absolute Gasteiger partial charge is 0.416 e. The molecule has 0 radical (unpaired) electrons. The van der Waals surface area contributed by atoms with Crippen molar-refractivity contribution in [1.29, 1.82) is 0 Å². The highest BCUT2D eigenvalue weighted by atomic mass is 19.4. The van der Waals surface area contributed by atoms with E-state index in [0.29, 0.717) is 44.6 Å². The standard InChI is InChI=1S/C19H23F3N2O3/c20-19(21,22)15-5-3-4-14(10-15)11-16-12-24(8-9-27-16)18(26)13-23-7-2-1-6-17(23)25/h3-5,10,16H,1-2,6-9,11-13H2/t16-/m1/s1. The lowest BCUT2D eigenvalue weighted by Gasteiger charge is -2.35. The third kappa shape index (κ3) is 5.22. The topological polar surface area (TPSA) is 49.9 Å². The first-order valence-corrected chi connectivity index (χ1v) is 9.16. The molecule has 2 fully saturated rings. The summed E-state index contributed by atoms with van der Waals surface area (Å²) in [6.45, 7) is 1.75. The zero-order valence-corrected chi connectivity index (χ0v) is 15.0. The molecule has 1 aromatic carbocycles. The van der Waals surface area contributed by atoms with Crippen LogP contribution in [0.3, 0.4) is 0 Å². The molecule has 0 aromatic heterocycles. The van der Waals surface area contributed by atoms with Crippen LogP contribution in [-0.4, -0.2) is 60.5 Å². The third-order valence-corrected chi connectivity index (χ3v) is 4.96. The number of morpholine rings is 1. The van der Waals surface area contributed by atoms with Crippen LogP contribution in [0, 0.1) is 0 Å². The van der Waals surface area contributed by atoms with Gasteiger partial charge in [0, 0.05) is 32.5 Å². The van der Waals surface area contributed by atoms with Gasteiger partial charge in [0.25, 0.3) is 0 Å². The number of hydrogen-bond acceptors (Lipinski definition) is 3. The minimum atomic E-state index is -4.38. The molecule has 0 unspecified atom stereocenters. The minimum Gasteiger partial charge on any atom is -0.374 e. The van der Waals surface area contributed by atoms with E-state index in [0.717, 1.165) is 25.0 Å². The molecule has 3 rings (SSSR count). The molecular weight excluding hydrogens is 361 g/mol. The lowest BCUT2D eigenvalue weighted by Crippen LogP contribution is -2.51. The number of carbonyl (C=O) groups is 2. The molecule has 5 nitrogen and oxygen atoms in total. The zero-order chi connectivity index (χ0) is 19.4. The summed E-state index contributed by atoms with van der Waals surface area (Å²) in [6.07, 6.45) is -2.19. The molecule has 0 spiro atoms. The van der Waals surface area contributed by atoms with Crippen molar-refractivity contribution < 1.29 is 27.5 Å². The van der Waals surface area contributed by atoms with Gasteiger partial charge in [-0.2, -0.15) is 13.2 Å². The number of likely N-dealkylation sites (tertiary alicyclic amines) is 1. The Morgan fingerprint density at radius 2 is 2.04 bits per heavy atom. The summed E-state index contributed by atoms with van der Waals surface area (Å²) in [5, 5.41) is 0. The van der Waals surface area contributed by atoms with E-state index in [4.69, 9.17) is 4.74 Å². The average Bonchev–Trinajstić information content (AvgIpc) is 2.63. The molecule has 0 aliphatic carbocycles. The number of amides is 2. The molecule has 8 heteroatoms. The number of carbonyl (C=O) groups excluding carboxylic acids is 2. The fourth-order valence-corrected chi connectivity index (χ4v) is 3.50. The molecule has 2 heterocycles. The summed E-state index contributed by atoms with van der Waals surface area (Å²) in [7, 11) is 0. The van der Waals surface area contributed by atoms with Gasteiger partial charge in [-0.1, -0.05) is 18.2 Å². The highest BCUT2D eigenvalue weighted by Crippen LogP contribution is 2.30. The second-order valence-corrected chi connectivity index (χ2v) is 7.01. The molecule has 2 amide bonds. The smallest absolute Gasteiger partial charge is 0.374 e. The maximum absolute atomic E-state index is 12.9. The highest BCUT2D eigenvalue weighted by molar-refractivity contribution is 5.85. The number of halogens is 3. The Kier molecular flexibility index (Phi) is 6.04. The first-order valence-electron chi connectivity index (χ1n) is 9.16. The molecule has 1 aromatic rings. The Balaban J connectivity index is 1.57. The maximum atomic E-state index is 12.9. The van der Waals surface area contributed by atoms with Crippen molar-refractivity contribution in [2.45, 2.75) is 38.0 Å². The number of nitrogens with zero attached hydrogens (tertiary/aromatic N) is 2. The fourth-order valence-electron chi connectivity index (χ4n) is 3.50. The number of rotatable bonds is 4. The van der Waals surface area contributed by atoms with Gasteiger partial charge >= 0.3 is 6.18 Å². The van der Waals surface area contributed by atoms with Gasteiger partial charge in [-0.25, -0.2) is 0 Å². The van der Waals surface area contributed by atoms with E-state index < -0.39 is 11.7 Å². The normalized spacial score (nSPS) is 21.4. The summed E-state index contributed by atoms with van der Waals surface area (Å²) in [4.78, 5) is 27.6. The molecular formula is C19H23F3N2O3. The van der Waals surface area contributed by atoms with Gasteiger partial charge in [0.05, 0.1) is 24.8 Å². The monoisotopic (exact) mass is 384 g/mol. The summed E-state index contributed by atoms with van der Waals surface area (Å²) in [5.41, 5.74) is -0.164. The van der Waals surface area contributed by atoms with Gasteiger partial charge < -0.3 is 14.5 Å². The van der Waals surface area contributed by atoms with Crippen LogP contribution in [0.25, 0.3) is 0 Å². The van der Waals surface area contributed by atoms with Crippen LogP contribution >= 0.6 is 0 Å². The second kappa shape index (κ2) is 8.29. The number of benzene rings is 1. The fraction of sp³-hybridized carbons (Fsp3) is 0.579. The summed E-state index contributed by atoms with van der Waals surface area (Å²) < 4.78 is 44.2. The first-order chi connectivity index (χ1) is 12.8. The minimum absolute atomic E-state index is 0.00313. The van der Waals surface area contributed by atoms with E-state index in [-0.39, 0.29) is 24.5 Å². The van der Waals surface area contributed by atoms with E-state index in [1.54, 1.807) is 15.9 Å². The molecule has 2 aliphatic heterocycles. The Bertz CT molecular complexity index is 693. The Labute approximate surface area is 156 Å². The van der Waals surface area contributed by atoms with Gasteiger partial charge in [0.1, 0.15) is 0 Å². The van der Waals surface area contributed by atoms with Crippen LogP contribution in [0.5, 0.6) is 0 Å². The first kappa shape index (κ1) is 19.7. The lowest BCUT2D eigenvalue weighted by molar-refractivity contribution is -0.146. The molecule has 27 heavy (non-hydrogen) atoms. The van der Waals surface area contributed by atoms with Crippen LogP contribution in [0.15, 0.2) is 24.3 Å². The highest BCUT2D eigenvalue weighted by Gasteiger charge is 2.31. The average molecular weight is 384 g/mol. The van der Waals surface area contributed by atoms with E-state index in [1.807, 2.05) is 0 Å². The summed E-state index contributed by atoms with van der Waals surface area (Å²) in [5.74, 6) is -0.133. The SMILES string of the molecule is O=C1CCCCN1CC(=O)N1CCO[C@H](Cc2cccc(C(F)(F)F)c2)C1. The number of ether oxygens (including phenoxy) is 1. The van der Waals surface area contributed by atoms with Crippen LogP contribution in [0.1, 0.15) is 30.4 Å². The quantitative estimate of drug-likeness (QED) is 0.802. The van der Waals surface area contributed by atoms with Crippen molar-refractivity contribution in [3.8, 4) is 0 Å². The van der Waals surface area contributed by atoms with Crippen molar-refractivity contribution in [3.05, 3.63) is 35.4 Å². The number of alkyl halides is 3. The van der Waals surface area contributed by atoms with Crippen LogP contribution in [0.2, 0.25) is 0 Å². The van der Waals surface area contributed by atoms with Crippen LogP contribution in [-0.2, 0) is 26.9 Å². The number of piperidine rings is 1. The predicted octanol–water partition coefficient (Wildman–Crippen LogP) is 2.49. The zero-order valence-electron chi connectivity index (χ0n) is 15.0. The summed E-state index contributed by atoms with van der Waals surface area (Å²) in [6, 6.07) is 5.17. The molecule has 0 N–H and O–H groups in total. The van der Waals surface area contributed by atoms with E-state index in [1.165, 1.54) is 6.07 Å². The van der Waals surface area contributed by atoms with Gasteiger partial charge in [0.2, 0.25) is 11.8 Å². The van der Waals surface area contributed by atoms with Crippen molar-refractivity contribution in [2.75, 3.05) is 32.8 Å². The molecule has 0 saturated carbocycles. The number of hydrogen-bond donors (Lipinski definition) is 0. The van der Waals surface area contributed by atoms with E-state index >= 15 is 0 Å². The van der Waals surface area contributed by atoms with Gasteiger partial charge in [0.15, 0.2) is 0 Å². The molecule has 2 saturated heterocycles. The van der Waals surface area contributed by atoms with Crippen LogP contribution < -0.4 is 0 Å². The van der Waals surface area contributed by atoms with Crippen molar-refractivity contribution in [2.24, 2.45) is 0 Å². The molecule has 1 atom stereocenters. The summed E-state index contributed by atoms with van der Waals surface area (Å²) >= 11 is 0. The van der Waals surface area contributed by atoms with Gasteiger partial charge in [-0.15, -0.1) is 0 Å². The second-order valence-electron chi connectivity index (χ2n) is 7.01. The third-order valence-electron chi connectivity index (χ3n) is 4.96. The van der Waals surface area contributed by atoms with Crippen LogP contribution in [0.4, 0.5) is 13.2 Å². The Hall–Kier alpha value is -2.09. The predicted molar refractivity (Wildman–Crippen MR) is 91.9 cm³/mol. The van der Waals surface area contributed by atoms with Gasteiger partial charge in [-0.05, 0) is 24.5 Å². The molecule has 148 valence electrons. The lowest BCUT2D eigenvalue weighted by atomic mass is 10.0. The van der Waals surface area contributed by atoms with Crippen molar-refractivity contribution in [3.63, 3.8) is 0 Å². The van der Waals surface area contributed by atoms with E-state index in [2.05, 4.69) is 0 Å². The molecule has 2 aliphatic rings. The van der Waals surface area contributed by atoms with Crippen molar-refractivity contribution >= 4 is 11.8 Å². The molecule has 0 bridgehead atoms. The Morgan fingerprint density at radius 3 is 2.78 bits per heavy atom.